The minimum absolute atomic E-state index is 0.123. The van der Waals surface area contributed by atoms with Crippen LogP contribution in [0, 0.1) is 0 Å². The van der Waals surface area contributed by atoms with E-state index in [1.807, 2.05) is 6.92 Å². The van der Waals surface area contributed by atoms with Gasteiger partial charge in [-0.2, -0.15) is 0 Å². The molecule has 1 aliphatic carbocycles. The number of hydrogen-bond donors (Lipinski definition) is 1. The van der Waals surface area contributed by atoms with Crippen LogP contribution < -0.4 is 5.73 Å². The Kier molecular flexibility index (Phi) is 6.26. The third-order valence-electron chi connectivity index (χ3n) is 3.52. The van der Waals surface area contributed by atoms with Gasteiger partial charge in [-0.25, -0.2) is 0 Å². The Balaban J connectivity index is 2.21. The molecule has 0 spiro atoms. The van der Waals surface area contributed by atoms with E-state index in [0.29, 0.717) is 0 Å². The molecule has 0 unspecified atom stereocenters. The molecule has 0 bridgehead atoms. The molecule has 0 aliphatic heterocycles. The van der Waals surface area contributed by atoms with E-state index in [2.05, 4.69) is 0 Å². The van der Waals surface area contributed by atoms with Crippen molar-refractivity contribution in [1.82, 2.24) is 0 Å². The van der Waals surface area contributed by atoms with Crippen molar-refractivity contribution in [3.63, 3.8) is 0 Å². The van der Waals surface area contributed by atoms with E-state index in [9.17, 15) is 0 Å². The molecule has 1 fully saturated rings. The second kappa shape index (κ2) is 7.24. The lowest BCUT2D eigenvalue weighted by Gasteiger charge is -2.31. The number of hydrogen-bond acceptors (Lipinski definition) is 2. The van der Waals surface area contributed by atoms with Crippen molar-refractivity contribution in [2.75, 3.05) is 13.2 Å². The number of nitrogens with two attached hydrogens (primary N) is 1. The van der Waals surface area contributed by atoms with Gasteiger partial charge in [0.05, 0.1) is 0 Å². The standard InChI is InChI=1S/C13H27NO/c1-2-15-12-8-11-13(14)9-6-4-3-5-7-10-13/h2-12,14H2,1H3. The lowest BCUT2D eigenvalue weighted by molar-refractivity contribution is 0.134. The van der Waals surface area contributed by atoms with Crippen LogP contribution in [0.25, 0.3) is 0 Å². The van der Waals surface area contributed by atoms with Gasteiger partial charge in [-0.1, -0.05) is 32.1 Å². The SMILES string of the molecule is CCOCCCC1(N)CCCCCCC1. The third kappa shape index (κ3) is 5.53. The van der Waals surface area contributed by atoms with Crippen molar-refractivity contribution in [2.24, 2.45) is 5.73 Å². The van der Waals surface area contributed by atoms with E-state index >= 15 is 0 Å². The van der Waals surface area contributed by atoms with E-state index in [-0.39, 0.29) is 5.54 Å². The van der Waals surface area contributed by atoms with Crippen LogP contribution in [-0.2, 0) is 4.74 Å². The van der Waals surface area contributed by atoms with Gasteiger partial charge in [0.25, 0.3) is 0 Å². The van der Waals surface area contributed by atoms with Crippen LogP contribution in [0.4, 0.5) is 0 Å². The van der Waals surface area contributed by atoms with Crippen molar-refractivity contribution >= 4 is 0 Å². The number of ether oxygens (including phenoxy) is 1. The first-order valence-electron chi connectivity index (χ1n) is 6.63. The summed E-state index contributed by atoms with van der Waals surface area (Å²) >= 11 is 0. The predicted octanol–water partition coefficient (Wildman–Crippen LogP) is 3.24. The molecular weight excluding hydrogens is 186 g/mol. The van der Waals surface area contributed by atoms with Gasteiger partial charge in [0.15, 0.2) is 0 Å². The first kappa shape index (κ1) is 13.0. The number of rotatable bonds is 5. The average Bonchev–Trinajstić information content (AvgIpc) is 2.20. The Morgan fingerprint density at radius 3 is 2.27 bits per heavy atom. The second-order valence-electron chi connectivity index (χ2n) is 4.93. The molecule has 90 valence electrons. The zero-order valence-electron chi connectivity index (χ0n) is 10.3. The van der Waals surface area contributed by atoms with Crippen LogP contribution in [0.1, 0.15) is 64.7 Å². The van der Waals surface area contributed by atoms with Crippen LogP contribution in [-0.4, -0.2) is 18.8 Å². The van der Waals surface area contributed by atoms with Crippen LogP contribution in [0.15, 0.2) is 0 Å². The van der Waals surface area contributed by atoms with Crippen LogP contribution in [0.5, 0.6) is 0 Å². The summed E-state index contributed by atoms with van der Waals surface area (Å²) in [5.74, 6) is 0. The lowest BCUT2D eigenvalue weighted by atomic mass is 9.81. The van der Waals surface area contributed by atoms with Crippen LogP contribution in [0.3, 0.4) is 0 Å². The summed E-state index contributed by atoms with van der Waals surface area (Å²) in [7, 11) is 0. The van der Waals surface area contributed by atoms with E-state index in [1.54, 1.807) is 0 Å². The maximum absolute atomic E-state index is 6.46. The highest BCUT2D eigenvalue weighted by molar-refractivity contribution is 4.84. The molecule has 2 heteroatoms. The molecule has 2 N–H and O–H groups in total. The molecule has 0 aromatic heterocycles. The largest absolute Gasteiger partial charge is 0.382 e. The summed E-state index contributed by atoms with van der Waals surface area (Å²) in [5, 5.41) is 0. The topological polar surface area (TPSA) is 35.2 Å². The maximum atomic E-state index is 6.46. The molecule has 1 rings (SSSR count). The van der Waals surface area contributed by atoms with Crippen molar-refractivity contribution in [2.45, 2.75) is 70.3 Å². The summed E-state index contributed by atoms with van der Waals surface area (Å²) in [6, 6.07) is 0. The molecule has 0 heterocycles. The monoisotopic (exact) mass is 213 g/mol. The van der Waals surface area contributed by atoms with Gasteiger partial charge in [-0.05, 0) is 32.6 Å². The van der Waals surface area contributed by atoms with Gasteiger partial charge in [0.2, 0.25) is 0 Å². The van der Waals surface area contributed by atoms with Crippen molar-refractivity contribution in [3.8, 4) is 0 Å². The van der Waals surface area contributed by atoms with Gasteiger partial charge in [-0.15, -0.1) is 0 Å². The Morgan fingerprint density at radius 1 is 1.07 bits per heavy atom. The highest BCUT2D eigenvalue weighted by Crippen LogP contribution is 2.27. The highest BCUT2D eigenvalue weighted by Gasteiger charge is 2.24. The predicted molar refractivity (Wildman–Crippen MR) is 65.0 cm³/mol. The Labute approximate surface area is 94.6 Å². The summed E-state index contributed by atoms with van der Waals surface area (Å²) in [4.78, 5) is 0. The first-order valence-corrected chi connectivity index (χ1v) is 6.63. The van der Waals surface area contributed by atoms with E-state index in [4.69, 9.17) is 10.5 Å². The Bertz CT molecular complexity index is 151. The lowest BCUT2D eigenvalue weighted by Crippen LogP contribution is -2.40. The van der Waals surface area contributed by atoms with Crippen LogP contribution >= 0.6 is 0 Å². The fraction of sp³-hybridized carbons (Fsp3) is 1.00. The zero-order chi connectivity index (χ0) is 11.0. The average molecular weight is 213 g/mol. The normalized spacial score (nSPS) is 22.0. The molecule has 1 saturated carbocycles. The first-order chi connectivity index (χ1) is 7.27. The van der Waals surface area contributed by atoms with Gasteiger partial charge in [-0.3, -0.25) is 0 Å². The summed E-state index contributed by atoms with van der Waals surface area (Å²) in [5.41, 5.74) is 6.58. The van der Waals surface area contributed by atoms with Crippen molar-refractivity contribution in [1.29, 1.82) is 0 Å². The molecule has 0 amide bonds. The summed E-state index contributed by atoms with van der Waals surface area (Å²) < 4.78 is 5.37. The molecule has 0 radical (unpaired) electrons. The molecule has 0 aromatic carbocycles. The summed E-state index contributed by atoms with van der Waals surface area (Å²) in [6.45, 7) is 3.76. The zero-order valence-corrected chi connectivity index (χ0v) is 10.3. The smallest absolute Gasteiger partial charge is 0.0466 e. The Hall–Kier alpha value is -0.0800. The van der Waals surface area contributed by atoms with E-state index < -0.39 is 0 Å². The molecule has 0 atom stereocenters. The van der Waals surface area contributed by atoms with Gasteiger partial charge >= 0.3 is 0 Å². The van der Waals surface area contributed by atoms with Crippen LogP contribution in [0.2, 0.25) is 0 Å². The fourth-order valence-electron chi connectivity index (χ4n) is 2.53. The quantitative estimate of drug-likeness (QED) is 0.712. The van der Waals surface area contributed by atoms with E-state index in [0.717, 1.165) is 26.1 Å². The second-order valence-corrected chi connectivity index (χ2v) is 4.93. The molecule has 1 aliphatic rings. The van der Waals surface area contributed by atoms with Gasteiger partial charge in [0, 0.05) is 18.8 Å². The summed E-state index contributed by atoms with van der Waals surface area (Å²) in [6.07, 6.45) is 11.5. The molecule has 0 aromatic rings. The van der Waals surface area contributed by atoms with Crippen molar-refractivity contribution in [3.05, 3.63) is 0 Å². The minimum atomic E-state index is 0.123. The minimum Gasteiger partial charge on any atom is -0.382 e. The third-order valence-corrected chi connectivity index (χ3v) is 3.52. The van der Waals surface area contributed by atoms with E-state index in [1.165, 1.54) is 44.9 Å². The highest BCUT2D eigenvalue weighted by atomic mass is 16.5. The van der Waals surface area contributed by atoms with Gasteiger partial charge < -0.3 is 10.5 Å². The van der Waals surface area contributed by atoms with Crippen molar-refractivity contribution < 1.29 is 4.74 Å². The molecule has 0 saturated heterocycles. The fourth-order valence-corrected chi connectivity index (χ4v) is 2.53. The molecule has 15 heavy (non-hydrogen) atoms. The molecule has 2 nitrogen and oxygen atoms in total. The molecular formula is C13H27NO. The Morgan fingerprint density at radius 2 is 1.67 bits per heavy atom. The maximum Gasteiger partial charge on any atom is 0.0466 e. The van der Waals surface area contributed by atoms with Gasteiger partial charge in [0.1, 0.15) is 0 Å².